The van der Waals surface area contributed by atoms with Crippen LogP contribution in [0.15, 0.2) is 23.9 Å². The fourth-order valence-corrected chi connectivity index (χ4v) is 2.10. The molecule has 3 rings (SSSR count). The first kappa shape index (κ1) is 8.35. The molecule has 0 saturated carbocycles. The number of nitrogens with one attached hydrogen (secondary N) is 3. The molecule has 3 N–H and O–H groups in total. The van der Waals surface area contributed by atoms with E-state index in [1.165, 1.54) is 5.57 Å². The zero-order chi connectivity index (χ0) is 10.4. The van der Waals surface area contributed by atoms with Crippen LogP contribution in [0.3, 0.4) is 0 Å². The predicted molar refractivity (Wildman–Crippen MR) is 58.1 cm³/mol. The predicted octanol–water partition coefficient (Wildman–Crippen LogP) is 1.09. The van der Waals surface area contributed by atoms with E-state index in [1.807, 2.05) is 25.1 Å². The summed E-state index contributed by atoms with van der Waals surface area (Å²) >= 11 is 0. The van der Waals surface area contributed by atoms with Gasteiger partial charge in [0, 0.05) is 29.1 Å². The highest BCUT2D eigenvalue weighted by Crippen LogP contribution is 2.35. The van der Waals surface area contributed by atoms with E-state index in [0.717, 1.165) is 29.1 Å². The molecule has 0 radical (unpaired) electrons. The van der Waals surface area contributed by atoms with Gasteiger partial charge in [-0.3, -0.25) is 10.2 Å². The molecule has 76 valence electrons. The number of carbonyl (C=O) groups is 1. The average Bonchev–Trinajstić information content (AvgIpc) is 2.63. The summed E-state index contributed by atoms with van der Waals surface area (Å²) in [5.74, 6) is -0.0788. The fraction of sp³-hybridized carbons (Fsp3) is 0.182. The third-order valence-corrected chi connectivity index (χ3v) is 2.88. The van der Waals surface area contributed by atoms with Crippen LogP contribution in [0.4, 0.5) is 5.69 Å². The van der Waals surface area contributed by atoms with Gasteiger partial charge in [-0.25, -0.2) is 0 Å². The van der Waals surface area contributed by atoms with Crippen molar-refractivity contribution >= 4 is 17.2 Å². The van der Waals surface area contributed by atoms with Crippen molar-refractivity contribution in [3.63, 3.8) is 0 Å². The summed E-state index contributed by atoms with van der Waals surface area (Å²) in [6.45, 7) is 2.74. The van der Waals surface area contributed by atoms with Crippen molar-refractivity contribution in [1.82, 2.24) is 10.9 Å². The summed E-state index contributed by atoms with van der Waals surface area (Å²) in [5.41, 5.74) is 10.6. The molecule has 2 aliphatic rings. The van der Waals surface area contributed by atoms with E-state index in [-0.39, 0.29) is 5.91 Å². The molecular weight excluding hydrogens is 190 g/mol. The number of anilines is 1. The van der Waals surface area contributed by atoms with Gasteiger partial charge in [0.15, 0.2) is 0 Å². The minimum atomic E-state index is -0.0788. The van der Waals surface area contributed by atoms with Crippen LogP contribution in [0.2, 0.25) is 0 Å². The highest BCUT2D eigenvalue weighted by atomic mass is 16.2. The lowest BCUT2D eigenvalue weighted by atomic mass is 10.00. The molecule has 1 aromatic carbocycles. The summed E-state index contributed by atoms with van der Waals surface area (Å²) in [6.07, 6.45) is 0. The Hall–Kier alpha value is -1.97. The van der Waals surface area contributed by atoms with Crippen LogP contribution in [0.1, 0.15) is 22.8 Å². The normalized spacial score (nSPS) is 17.5. The van der Waals surface area contributed by atoms with Crippen LogP contribution in [-0.2, 0) is 0 Å². The molecule has 0 spiro atoms. The topological polar surface area (TPSA) is 53.2 Å². The maximum atomic E-state index is 11.7. The largest absolute Gasteiger partial charge is 0.380 e. The van der Waals surface area contributed by atoms with Crippen LogP contribution in [0.5, 0.6) is 0 Å². The Morgan fingerprint density at radius 2 is 2.13 bits per heavy atom. The lowest BCUT2D eigenvalue weighted by molar-refractivity contribution is 0.0940. The first-order chi connectivity index (χ1) is 7.27. The Kier molecular flexibility index (Phi) is 1.54. The van der Waals surface area contributed by atoms with Gasteiger partial charge in [-0.1, -0.05) is 6.07 Å². The first-order valence-electron chi connectivity index (χ1n) is 4.91. The van der Waals surface area contributed by atoms with Gasteiger partial charge in [-0.15, -0.1) is 0 Å². The van der Waals surface area contributed by atoms with Gasteiger partial charge >= 0.3 is 0 Å². The summed E-state index contributed by atoms with van der Waals surface area (Å²) in [4.78, 5) is 11.7. The van der Waals surface area contributed by atoms with E-state index >= 15 is 0 Å². The van der Waals surface area contributed by atoms with Crippen molar-refractivity contribution < 1.29 is 4.79 Å². The molecule has 15 heavy (non-hydrogen) atoms. The number of hydrogen-bond donors (Lipinski definition) is 3. The molecule has 4 heteroatoms. The van der Waals surface area contributed by atoms with Crippen molar-refractivity contribution in [2.24, 2.45) is 0 Å². The van der Waals surface area contributed by atoms with Gasteiger partial charge in [0.1, 0.15) is 0 Å². The Morgan fingerprint density at radius 3 is 3.00 bits per heavy atom. The maximum Gasteiger partial charge on any atom is 0.270 e. The van der Waals surface area contributed by atoms with Crippen LogP contribution in [0, 0.1) is 0 Å². The number of hydrazine groups is 1. The van der Waals surface area contributed by atoms with Gasteiger partial charge in [-0.05, 0) is 19.1 Å². The van der Waals surface area contributed by atoms with Crippen LogP contribution in [0.25, 0.3) is 5.57 Å². The van der Waals surface area contributed by atoms with Crippen molar-refractivity contribution in [3.8, 4) is 0 Å². The summed E-state index contributed by atoms with van der Waals surface area (Å²) < 4.78 is 0. The SMILES string of the molecule is CC1=C2CNc3cccc(c32)C(=O)NN1. The second-order valence-electron chi connectivity index (χ2n) is 3.76. The third-order valence-electron chi connectivity index (χ3n) is 2.88. The maximum absolute atomic E-state index is 11.7. The van der Waals surface area contributed by atoms with E-state index in [4.69, 9.17) is 0 Å². The zero-order valence-electron chi connectivity index (χ0n) is 8.35. The minimum absolute atomic E-state index is 0.0788. The number of rotatable bonds is 0. The zero-order valence-corrected chi connectivity index (χ0v) is 8.35. The Balaban J connectivity index is 2.34. The molecule has 0 saturated heterocycles. The van der Waals surface area contributed by atoms with E-state index in [9.17, 15) is 4.79 Å². The monoisotopic (exact) mass is 201 g/mol. The Labute approximate surface area is 87.3 Å². The Morgan fingerprint density at radius 1 is 1.27 bits per heavy atom. The van der Waals surface area contributed by atoms with E-state index < -0.39 is 0 Å². The highest BCUT2D eigenvalue weighted by molar-refractivity contribution is 6.04. The van der Waals surface area contributed by atoms with E-state index in [2.05, 4.69) is 16.2 Å². The molecule has 0 unspecified atom stereocenters. The lowest BCUT2D eigenvalue weighted by Crippen LogP contribution is -2.35. The number of hydrogen-bond acceptors (Lipinski definition) is 3. The molecule has 1 amide bonds. The molecule has 0 atom stereocenters. The number of allylic oxidation sites excluding steroid dienone is 1. The number of carbonyl (C=O) groups excluding carboxylic acids is 1. The number of amides is 1. The standard InChI is InChI=1S/C11H11N3O/c1-6-8-5-12-9-4-2-3-7(10(8)9)11(15)14-13-6/h2-4,12-13H,5H2,1H3,(H,14,15). The van der Waals surface area contributed by atoms with E-state index in [0.29, 0.717) is 0 Å². The lowest BCUT2D eigenvalue weighted by Gasteiger charge is -2.06. The molecule has 2 aliphatic heterocycles. The minimum Gasteiger partial charge on any atom is -0.380 e. The molecule has 0 fully saturated rings. The summed E-state index contributed by atoms with van der Waals surface area (Å²) in [6, 6.07) is 5.74. The summed E-state index contributed by atoms with van der Waals surface area (Å²) in [5, 5.41) is 3.28. The molecule has 4 nitrogen and oxygen atoms in total. The van der Waals surface area contributed by atoms with Gasteiger partial charge in [0.25, 0.3) is 5.91 Å². The highest BCUT2D eigenvalue weighted by Gasteiger charge is 2.26. The molecular formula is C11H11N3O. The van der Waals surface area contributed by atoms with Gasteiger partial charge in [0.2, 0.25) is 0 Å². The van der Waals surface area contributed by atoms with Crippen molar-refractivity contribution in [1.29, 1.82) is 0 Å². The van der Waals surface area contributed by atoms with E-state index in [1.54, 1.807) is 0 Å². The second-order valence-corrected chi connectivity index (χ2v) is 3.76. The van der Waals surface area contributed by atoms with Crippen LogP contribution >= 0.6 is 0 Å². The van der Waals surface area contributed by atoms with Gasteiger partial charge in [-0.2, -0.15) is 0 Å². The number of benzene rings is 1. The molecule has 0 aliphatic carbocycles. The quantitative estimate of drug-likeness (QED) is 0.589. The molecule has 0 aromatic heterocycles. The smallest absolute Gasteiger partial charge is 0.270 e. The molecule has 1 aromatic rings. The fourth-order valence-electron chi connectivity index (χ4n) is 2.10. The van der Waals surface area contributed by atoms with Crippen molar-refractivity contribution in [3.05, 3.63) is 35.0 Å². The average molecular weight is 201 g/mol. The molecule has 2 heterocycles. The Bertz CT molecular complexity index is 491. The van der Waals surface area contributed by atoms with Crippen molar-refractivity contribution in [2.75, 3.05) is 11.9 Å². The van der Waals surface area contributed by atoms with Crippen LogP contribution < -0.4 is 16.2 Å². The summed E-state index contributed by atoms with van der Waals surface area (Å²) in [7, 11) is 0. The third kappa shape index (κ3) is 1.05. The first-order valence-corrected chi connectivity index (χ1v) is 4.91. The van der Waals surface area contributed by atoms with Crippen molar-refractivity contribution in [2.45, 2.75) is 6.92 Å². The van der Waals surface area contributed by atoms with Crippen LogP contribution in [-0.4, -0.2) is 12.5 Å². The second kappa shape index (κ2) is 2.76. The van der Waals surface area contributed by atoms with Gasteiger partial charge in [0.05, 0.1) is 5.56 Å². The van der Waals surface area contributed by atoms with Gasteiger partial charge < -0.3 is 10.7 Å². The molecule has 0 bridgehead atoms.